The molecule has 0 saturated heterocycles. The van der Waals surface area contributed by atoms with Crippen molar-refractivity contribution in [3.8, 4) is 0 Å². The van der Waals surface area contributed by atoms with Gasteiger partial charge < -0.3 is 10.5 Å². The molecule has 0 aromatic heterocycles. The van der Waals surface area contributed by atoms with Gasteiger partial charge >= 0.3 is 5.97 Å². The van der Waals surface area contributed by atoms with Crippen LogP contribution in [0.2, 0.25) is 0 Å². The minimum Gasteiger partial charge on any atom is -0.458 e. The Kier molecular flexibility index (Phi) is 7.52. The van der Waals surface area contributed by atoms with Crippen LogP contribution < -0.4 is 5.73 Å². The van der Waals surface area contributed by atoms with E-state index in [4.69, 9.17) is 10.5 Å². The monoisotopic (exact) mass is 235 g/mol. The van der Waals surface area contributed by atoms with Crippen LogP contribution in [-0.2, 0) is 4.74 Å². The minimum absolute atomic E-state index is 0.311. The Morgan fingerprint density at radius 1 is 1.24 bits per heavy atom. The van der Waals surface area contributed by atoms with E-state index in [-0.39, 0.29) is 5.97 Å². The zero-order chi connectivity index (χ0) is 13.3. The second-order valence-corrected chi connectivity index (χ2v) is 3.50. The normalized spacial score (nSPS) is 8.71. The van der Waals surface area contributed by atoms with Crippen LogP contribution in [0.5, 0.6) is 0 Å². The van der Waals surface area contributed by atoms with Gasteiger partial charge in [0, 0.05) is 5.69 Å². The Morgan fingerprint density at radius 2 is 1.76 bits per heavy atom. The summed E-state index contributed by atoms with van der Waals surface area (Å²) in [6.45, 7) is 8.22. The van der Waals surface area contributed by atoms with Gasteiger partial charge in [-0.15, -0.1) is 0 Å². The number of anilines is 1. The van der Waals surface area contributed by atoms with Gasteiger partial charge in [0.1, 0.15) is 6.61 Å². The first-order chi connectivity index (χ1) is 8.09. The molecule has 0 bridgehead atoms. The molecule has 3 nitrogen and oxygen atoms in total. The molecule has 1 aromatic rings. The van der Waals surface area contributed by atoms with E-state index in [2.05, 4.69) is 0 Å². The molecule has 0 aliphatic heterocycles. The SMILES string of the molecule is CC.CC(C)=CCOC(=O)c1ccc(N)cc1. The Hall–Kier alpha value is -1.77. The largest absolute Gasteiger partial charge is 0.458 e. The van der Waals surface area contributed by atoms with E-state index in [1.165, 1.54) is 0 Å². The number of ether oxygens (including phenoxy) is 1. The first-order valence-electron chi connectivity index (χ1n) is 5.75. The van der Waals surface area contributed by atoms with Crippen molar-refractivity contribution in [3.63, 3.8) is 0 Å². The molecule has 0 heterocycles. The molecule has 0 saturated carbocycles. The summed E-state index contributed by atoms with van der Waals surface area (Å²) in [4.78, 5) is 11.4. The summed E-state index contributed by atoms with van der Waals surface area (Å²) in [5.41, 5.74) is 7.78. The topological polar surface area (TPSA) is 52.3 Å². The van der Waals surface area contributed by atoms with Gasteiger partial charge in [0.2, 0.25) is 0 Å². The van der Waals surface area contributed by atoms with Crippen LogP contribution in [0, 0.1) is 0 Å². The number of hydrogen-bond donors (Lipinski definition) is 1. The van der Waals surface area contributed by atoms with Crippen LogP contribution >= 0.6 is 0 Å². The maximum Gasteiger partial charge on any atom is 0.338 e. The highest BCUT2D eigenvalue weighted by molar-refractivity contribution is 5.89. The van der Waals surface area contributed by atoms with E-state index in [0.717, 1.165) is 5.57 Å². The fourth-order valence-corrected chi connectivity index (χ4v) is 0.987. The van der Waals surface area contributed by atoms with Crippen LogP contribution in [0.1, 0.15) is 38.1 Å². The molecule has 0 radical (unpaired) electrons. The first-order valence-corrected chi connectivity index (χ1v) is 5.75. The Bertz CT molecular complexity index is 362. The first kappa shape index (κ1) is 15.2. The lowest BCUT2D eigenvalue weighted by atomic mass is 10.2. The standard InChI is InChI=1S/C12H15NO2.C2H6/c1-9(2)7-8-15-12(14)10-3-5-11(13)6-4-10;1-2/h3-7H,8,13H2,1-2H3;1-2H3. The molecule has 0 aliphatic rings. The molecule has 94 valence electrons. The zero-order valence-electron chi connectivity index (χ0n) is 11.0. The van der Waals surface area contributed by atoms with Crippen molar-refractivity contribution in [2.45, 2.75) is 27.7 Å². The summed E-state index contributed by atoms with van der Waals surface area (Å²) in [7, 11) is 0. The van der Waals surface area contributed by atoms with Crippen molar-refractivity contribution in [2.75, 3.05) is 12.3 Å². The van der Waals surface area contributed by atoms with Gasteiger partial charge in [-0.3, -0.25) is 0 Å². The van der Waals surface area contributed by atoms with Crippen LogP contribution in [0.4, 0.5) is 5.69 Å². The highest BCUT2D eigenvalue weighted by Gasteiger charge is 2.04. The molecule has 0 unspecified atom stereocenters. The Balaban J connectivity index is 0.00000121. The number of hydrogen-bond acceptors (Lipinski definition) is 3. The van der Waals surface area contributed by atoms with Gasteiger partial charge in [0.25, 0.3) is 0 Å². The maximum absolute atomic E-state index is 11.4. The molecule has 2 N–H and O–H groups in total. The Labute approximate surface area is 103 Å². The number of nitrogens with two attached hydrogens (primary N) is 1. The molecule has 0 atom stereocenters. The fraction of sp³-hybridized carbons (Fsp3) is 0.357. The van der Waals surface area contributed by atoms with E-state index in [1.807, 2.05) is 33.8 Å². The van der Waals surface area contributed by atoms with Gasteiger partial charge in [-0.2, -0.15) is 0 Å². The third kappa shape index (κ3) is 6.40. The van der Waals surface area contributed by atoms with Gasteiger partial charge in [-0.25, -0.2) is 4.79 Å². The smallest absolute Gasteiger partial charge is 0.338 e. The Morgan fingerprint density at radius 3 is 2.24 bits per heavy atom. The lowest BCUT2D eigenvalue weighted by molar-refractivity contribution is 0.0549. The second-order valence-electron chi connectivity index (χ2n) is 3.50. The van der Waals surface area contributed by atoms with Crippen LogP contribution in [-0.4, -0.2) is 12.6 Å². The average Bonchev–Trinajstić information content (AvgIpc) is 2.32. The number of esters is 1. The number of carbonyl (C=O) groups is 1. The van der Waals surface area contributed by atoms with Crippen molar-refractivity contribution in [3.05, 3.63) is 41.5 Å². The number of carbonyl (C=O) groups excluding carboxylic acids is 1. The summed E-state index contributed by atoms with van der Waals surface area (Å²) < 4.78 is 5.02. The summed E-state index contributed by atoms with van der Waals surface area (Å²) in [5.74, 6) is -0.326. The molecular weight excluding hydrogens is 214 g/mol. The highest BCUT2D eigenvalue weighted by Crippen LogP contribution is 2.06. The lowest BCUT2D eigenvalue weighted by Gasteiger charge is -2.02. The van der Waals surface area contributed by atoms with Gasteiger partial charge in [0.05, 0.1) is 5.56 Å². The van der Waals surface area contributed by atoms with E-state index >= 15 is 0 Å². The number of benzene rings is 1. The number of rotatable bonds is 3. The molecule has 1 rings (SSSR count). The zero-order valence-corrected chi connectivity index (χ0v) is 11.0. The van der Waals surface area contributed by atoms with Gasteiger partial charge in [-0.05, 0) is 44.2 Å². The van der Waals surface area contributed by atoms with Crippen LogP contribution in [0.3, 0.4) is 0 Å². The van der Waals surface area contributed by atoms with Crippen molar-refractivity contribution < 1.29 is 9.53 Å². The van der Waals surface area contributed by atoms with Gasteiger partial charge in [0.15, 0.2) is 0 Å². The van der Waals surface area contributed by atoms with Crippen LogP contribution in [0.15, 0.2) is 35.9 Å². The fourth-order valence-electron chi connectivity index (χ4n) is 0.987. The molecular formula is C14H21NO2. The summed E-state index contributed by atoms with van der Waals surface area (Å²) in [5, 5.41) is 0. The van der Waals surface area contributed by atoms with Crippen molar-refractivity contribution in [1.82, 2.24) is 0 Å². The molecule has 3 heteroatoms. The quantitative estimate of drug-likeness (QED) is 0.496. The van der Waals surface area contributed by atoms with E-state index in [9.17, 15) is 4.79 Å². The highest BCUT2D eigenvalue weighted by atomic mass is 16.5. The summed E-state index contributed by atoms with van der Waals surface area (Å²) in [6, 6.07) is 6.66. The van der Waals surface area contributed by atoms with Crippen LogP contribution in [0.25, 0.3) is 0 Å². The molecule has 0 amide bonds. The molecule has 0 fully saturated rings. The number of nitrogen functional groups attached to an aromatic ring is 1. The van der Waals surface area contributed by atoms with E-state index in [1.54, 1.807) is 24.3 Å². The maximum atomic E-state index is 11.4. The predicted octanol–water partition coefficient (Wildman–Crippen LogP) is 3.42. The lowest BCUT2D eigenvalue weighted by Crippen LogP contribution is -2.05. The van der Waals surface area contributed by atoms with Gasteiger partial charge in [-0.1, -0.05) is 19.4 Å². The predicted molar refractivity (Wildman–Crippen MR) is 71.9 cm³/mol. The third-order valence-electron chi connectivity index (χ3n) is 1.85. The molecule has 0 aliphatic carbocycles. The number of allylic oxidation sites excluding steroid dienone is 1. The third-order valence-corrected chi connectivity index (χ3v) is 1.85. The van der Waals surface area contributed by atoms with Crippen molar-refractivity contribution >= 4 is 11.7 Å². The minimum atomic E-state index is -0.326. The summed E-state index contributed by atoms with van der Waals surface area (Å²) >= 11 is 0. The molecule has 1 aromatic carbocycles. The average molecular weight is 235 g/mol. The molecule has 17 heavy (non-hydrogen) atoms. The van der Waals surface area contributed by atoms with Crippen molar-refractivity contribution in [1.29, 1.82) is 0 Å². The summed E-state index contributed by atoms with van der Waals surface area (Å²) in [6.07, 6.45) is 1.86. The molecule has 0 spiro atoms. The van der Waals surface area contributed by atoms with E-state index in [0.29, 0.717) is 17.9 Å². The second kappa shape index (κ2) is 8.39. The van der Waals surface area contributed by atoms with Crippen molar-refractivity contribution in [2.24, 2.45) is 0 Å². The van der Waals surface area contributed by atoms with E-state index < -0.39 is 0 Å².